The quantitative estimate of drug-likeness (QED) is 0.774. The Morgan fingerprint density at radius 3 is 2.79 bits per heavy atom. The molecule has 0 unspecified atom stereocenters. The zero-order valence-corrected chi connectivity index (χ0v) is 8.20. The first-order valence-electron chi connectivity index (χ1n) is 5.07. The van der Waals surface area contributed by atoms with Crippen molar-refractivity contribution >= 4 is 0 Å². The van der Waals surface area contributed by atoms with Crippen molar-refractivity contribution in [1.82, 2.24) is 4.98 Å². The molecule has 0 bridgehead atoms. The molecule has 0 atom stereocenters. The maximum absolute atomic E-state index is 11.0. The molecule has 0 aliphatic heterocycles. The molecule has 1 aromatic heterocycles. The normalized spacial score (nSPS) is 19.9. The highest BCUT2D eigenvalue weighted by Crippen LogP contribution is 2.37. The van der Waals surface area contributed by atoms with Crippen LogP contribution in [-0.2, 0) is 17.3 Å². The van der Waals surface area contributed by atoms with E-state index in [4.69, 9.17) is 5.73 Å². The summed E-state index contributed by atoms with van der Waals surface area (Å²) < 4.78 is 0. The highest BCUT2D eigenvalue weighted by Gasteiger charge is 2.33. The lowest BCUT2D eigenvalue weighted by atomic mass is 9.87. The van der Waals surface area contributed by atoms with Crippen LogP contribution in [0, 0.1) is 0 Å². The molecule has 0 spiro atoms. The van der Waals surface area contributed by atoms with Crippen molar-refractivity contribution in [1.29, 1.82) is 0 Å². The van der Waals surface area contributed by atoms with Crippen LogP contribution in [0.4, 0.5) is 0 Å². The third kappa shape index (κ3) is 1.53. The van der Waals surface area contributed by atoms with Gasteiger partial charge in [0.2, 0.25) is 0 Å². The van der Waals surface area contributed by atoms with Crippen LogP contribution in [0.3, 0.4) is 0 Å². The van der Waals surface area contributed by atoms with Crippen LogP contribution in [0.5, 0.6) is 0 Å². The van der Waals surface area contributed by atoms with Crippen molar-refractivity contribution in [2.45, 2.75) is 37.8 Å². The molecule has 1 aliphatic carbocycles. The summed E-state index contributed by atoms with van der Waals surface area (Å²) in [7, 11) is 0. The zero-order chi connectivity index (χ0) is 10.0. The summed E-state index contributed by atoms with van der Waals surface area (Å²) in [5.74, 6) is 0. The molecular formula is C11H15N2O. The maximum Gasteiger partial charge on any atom is 0.108 e. The van der Waals surface area contributed by atoms with Gasteiger partial charge in [-0.05, 0) is 30.0 Å². The number of nitrogens with two attached hydrogens (primary N) is 1. The molecule has 14 heavy (non-hydrogen) atoms. The van der Waals surface area contributed by atoms with Gasteiger partial charge in [0.25, 0.3) is 0 Å². The summed E-state index contributed by atoms with van der Waals surface area (Å²) >= 11 is 0. The second-order valence-electron chi connectivity index (χ2n) is 4.04. The van der Waals surface area contributed by atoms with E-state index in [9.17, 15) is 5.11 Å². The Labute approximate surface area is 84.0 Å². The van der Waals surface area contributed by atoms with E-state index in [1.165, 1.54) is 0 Å². The average Bonchev–Trinajstić information content (AvgIpc) is 2.66. The number of nitrogens with zero attached hydrogens (tertiary/aromatic N) is 1. The molecule has 0 aromatic carbocycles. The monoisotopic (exact) mass is 191 g/mol. The van der Waals surface area contributed by atoms with Crippen molar-refractivity contribution < 1.29 is 5.11 Å². The summed E-state index contributed by atoms with van der Waals surface area (Å²) in [5.41, 5.74) is 7.77. The number of hydrogen-bond acceptors (Lipinski definition) is 2. The first-order chi connectivity index (χ1) is 6.76. The molecule has 1 aromatic rings. The highest BCUT2D eigenvalue weighted by molar-refractivity contribution is 5.30. The molecule has 3 nitrogen and oxygen atoms in total. The summed E-state index contributed by atoms with van der Waals surface area (Å²) in [4.78, 5) is 4.06. The lowest BCUT2D eigenvalue weighted by Gasteiger charge is -2.25. The van der Waals surface area contributed by atoms with Crippen LogP contribution in [0.2, 0.25) is 0 Å². The van der Waals surface area contributed by atoms with Gasteiger partial charge in [0, 0.05) is 17.9 Å². The molecule has 1 aliphatic rings. The van der Waals surface area contributed by atoms with Crippen molar-refractivity contribution in [2.24, 2.45) is 5.73 Å². The van der Waals surface area contributed by atoms with E-state index < -0.39 is 0 Å². The van der Waals surface area contributed by atoms with E-state index in [1.807, 2.05) is 0 Å². The van der Waals surface area contributed by atoms with Crippen LogP contribution in [0.15, 0.2) is 18.5 Å². The van der Waals surface area contributed by atoms with E-state index in [-0.39, 0.29) is 12.1 Å². The van der Waals surface area contributed by atoms with Crippen LogP contribution in [-0.4, -0.2) is 4.98 Å². The molecule has 1 heterocycles. The van der Waals surface area contributed by atoms with Gasteiger partial charge in [-0.25, -0.2) is 5.11 Å². The minimum atomic E-state index is -0.284. The summed E-state index contributed by atoms with van der Waals surface area (Å²) in [6.45, 7) is -0.198. The standard InChI is InChI=1S/C11H15N2O/c12-11(4-1-2-5-11)10-7-13-6-3-9(10)8-14/h3,6-7H,1-2,4-5,8,12H2. The van der Waals surface area contributed by atoms with E-state index in [0.29, 0.717) is 0 Å². The minimum Gasteiger partial charge on any atom is -0.321 e. The minimum absolute atomic E-state index is 0.198. The molecule has 1 saturated carbocycles. The predicted molar refractivity (Wildman–Crippen MR) is 53.0 cm³/mol. The van der Waals surface area contributed by atoms with Crippen molar-refractivity contribution in [3.8, 4) is 0 Å². The molecule has 2 N–H and O–H groups in total. The van der Waals surface area contributed by atoms with Gasteiger partial charge >= 0.3 is 0 Å². The van der Waals surface area contributed by atoms with Crippen LogP contribution in [0.25, 0.3) is 0 Å². The lowest BCUT2D eigenvalue weighted by Crippen LogP contribution is -2.34. The Morgan fingerprint density at radius 1 is 1.43 bits per heavy atom. The fraction of sp³-hybridized carbons (Fsp3) is 0.545. The van der Waals surface area contributed by atoms with Gasteiger partial charge in [0.05, 0.1) is 0 Å². The van der Waals surface area contributed by atoms with Crippen molar-refractivity contribution in [2.75, 3.05) is 0 Å². The molecule has 3 heteroatoms. The molecule has 1 radical (unpaired) electrons. The van der Waals surface area contributed by atoms with Crippen molar-refractivity contribution in [3.63, 3.8) is 0 Å². The van der Waals surface area contributed by atoms with E-state index in [2.05, 4.69) is 4.98 Å². The molecule has 2 rings (SSSR count). The Kier molecular flexibility index (Phi) is 2.52. The number of hydrogen-bond donors (Lipinski definition) is 1. The van der Waals surface area contributed by atoms with Gasteiger partial charge in [-0.1, -0.05) is 12.8 Å². The molecular weight excluding hydrogens is 176 g/mol. The Morgan fingerprint density at radius 2 is 2.14 bits per heavy atom. The van der Waals surface area contributed by atoms with Crippen LogP contribution in [0.1, 0.15) is 36.8 Å². The zero-order valence-electron chi connectivity index (χ0n) is 8.20. The third-order valence-electron chi connectivity index (χ3n) is 3.10. The Bertz CT molecular complexity index is 319. The van der Waals surface area contributed by atoms with E-state index in [1.54, 1.807) is 18.5 Å². The van der Waals surface area contributed by atoms with Crippen LogP contribution >= 0.6 is 0 Å². The van der Waals surface area contributed by atoms with Gasteiger partial charge in [0.1, 0.15) is 6.61 Å². The summed E-state index contributed by atoms with van der Waals surface area (Å²) in [6.07, 6.45) is 7.69. The summed E-state index contributed by atoms with van der Waals surface area (Å²) in [5, 5.41) is 11.0. The third-order valence-corrected chi connectivity index (χ3v) is 3.10. The van der Waals surface area contributed by atoms with Gasteiger partial charge in [0.15, 0.2) is 0 Å². The smallest absolute Gasteiger partial charge is 0.108 e. The fourth-order valence-electron chi connectivity index (χ4n) is 2.27. The van der Waals surface area contributed by atoms with Gasteiger partial charge in [-0.3, -0.25) is 4.98 Å². The Balaban J connectivity index is 2.39. The SMILES string of the molecule is NC1(c2cnccc2C[O])CCCC1. The second-order valence-corrected chi connectivity index (χ2v) is 4.04. The van der Waals surface area contributed by atoms with E-state index in [0.717, 1.165) is 36.8 Å². The molecule has 0 amide bonds. The summed E-state index contributed by atoms with van der Waals surface area (Å²) in [6, 6.07) is 1.79. The number of pyridine rings is 1. The molecule has 1 fully saturated rings. The predicted octanol–water partition coefficient (Wildman–Crippen LogP) is 1.74. The fourth-order valence-corrected chi connectivity index (χ4v) is 2.27. The number of aromatic nitrogens is 1. The van der Waals surface area contributed by atoms with Gasteiger partial charge in [-0.15, -0.1) is 0 Å². The molecule has 75 valence electrons. The average molecular weight is 191 g/mol. The maximum atomic E-state index is 11.0. The second kappa shape index (κ2) is 3.67. The van der Waals surface area contributed by atoms with Gasteiger partial charge < -0.3 is 5.73 Å². The van der Waals surface area contributed by atoms with E-state index >= 15 is 0 Å². The van der Waals surface area contributed by atoms with Crippen molar-refractivity contribution in [3.05, 3.63) is 29.6 Å². The molecule has 0 saturated heterocycles. The highest BCUT2D eigenvalue weighted by atomic mass is 16.3. The topological polar surface area (TPSA) is 58.8 Å². The van der Waals surface area contributed by atoms with Crippen LogP contribution < -0.4 is 5.73 Å². The largest absolute Gasteiger partial charge is 0.321 e. The lowest BCUT2D eigenvalue weighted by molar-refractivity contribution is 0.175. The van der Waals surface area contributed by atoms with Gasteiger partial charge in [-0.2, -0.15) is 0 Å². The Hall–Kier alpha value is -0.930. The first kappa shape index (κ1) is 9.62. The number of rotatable bonds is 2. The first-order valence-corrected chi connectivity index (χ1v) is 5.07.